The number of pyridine rings is 1. The van der Waals surface area contributed by atoms with Crippen molar-refractivity contribution in [1.82, 2.24) is 30.2 Å². The number of rotatable bonds is 7. The van der Waals surface area contributed by atoms with Crippen molar-refractivity contribution in [2.45, 2.75) is 13.2 Å². The molecular weight excluding hydrogens is 491 g/mol. The zero-order valence-corrected chi connectivity index (χ0v) is 20.3. The summed E-state index contributed by atoms with van der Waals surface area (Å²) in [6, 6.07) is 13.2. The van der Waals surface area contributed by atoms with E-state index in [2.05, 4.69) is 30.6 Å². The zero-order chi connectivity index (χ0) is 26.5. The Morgan fingerprint density at radius 2 is 1.97 bits per heavy atom. The summed E-state index contributed by atoms with van der Waals surface area (Å²) in [6.07, 6.45) is 4.05. The van der Waals surface area contributed by atoms with Crippen molar-refractivity contribution >= 4 is 17.5 Å². The lowest BCUT2D eigenvalue weighted by Gasteiger charge is -2.35. The molecule has 192 valence electrons. The zero-order valence-electron chi connectivity index (χ0n) is 20.3. The number of hydrogen-bond donors (Lipinski definition) is 3. The van der Waals surface area contributed by atoms with Crippen LogP contribution < -0.4 is 10.6 Å². The van der Waals surface area contributed by atoms with Crippen molar-refractivity contribution < 1.29 is 18.7 Å². The van der Waals surface area contributed by atoms with E-state index in [0.717, 1.165) is 5.69 Å². The number of anilines is 2. The van der Waals surface area contributed by atoms with Crippen LogP contribution >= 0.6 is 0 Å². The number of aromatic amines is 1. The predicted molar refractivity (Wildman–Crippen MR) is 134 cm³/mol. The quantitative estimate of drug-likeness (QED) is 0.315. The fraction of sp³-hybridized carbons (Fsp3) is 0.231. The molecule has 0 bridgehead atoms. The molecule has 1 saturated heterocycles. The van der Waals surface area contributed by atoms with Crippen LogP contribution in [-0.4, -0.2) is 50.6 Å². The first-order chi connectivity index (χ1) is 18.4. The number of H-pyrrole nitrogens is 1. The highest BCUT2D eigenvalue weighted by Crippen LogP contribution is 2.35. The van der Waals surface area contributed by atoms with Crippen LogP contribution in [0.15, 0.2) is 61.1 Å². The maximum Gasteiger partial charge on any atom is 0.231 e. The number of halogens is 1. The summed E-state index contributed by atoms with van der Waals surface area (Å²) in [5.74, 6) is 0.00318. The van der Waals surface area contributed by atoms with Crippen LogP contribution in [0.25, 0.3) is 22.6 Å². The Morgan fingerprint density at radius 1 is 1.18 bits per heavy atom. The summed E-state index contributed by atoms with van der Waals surface area (Å²) < 4.78 is 25.4. The lowest BCUT2D eigenvalue weighted by molar-refractivity contribution is -0.230. The normalized spacial score (nSPS) is 18.9. The van der Waals surface area contributed by atoms with E-state index in [-0.39, 0.29) is 31.5 Å². The fourth-order valence-electron chi connectivity index (χ4n) is 3.86. The third-order valence-corrected chi connectivity index (χ3v) is 5.88. The van der Waals surface area contributed by atoms with Gasteiger partial charge in [0, 0.05) is 18.0 Å². The van der Waals surface area contributed by atoms with Gasteiger partial charge in [0.1, 0.15) is 12.4 Å². The standard InChI is InChI=1S/C26H23FN8O3/c1-26(24(36)30-12-9-28)14-37-23(38-15-26)22-34-20(16-4-6-17(27)7-5-16)21(35-22)19-8-11-31-25(33-19)32-18-3-2-10-29-13-18/h2-8,10-11,13,23H,12,14-15H2,1H3,(H,30,36)(H,34,35)(H,31,32,33). The van der Waals surface area contributed by atoms with E-state index >= 15 is 0 Å². The predicted octanol–water partition coefficient (Wildman–Crippen LogP) is 3.50. The molecule has 1 amide bonds. The second kappa shape index (κ2) is 10.7. The van der Waals surface area contributed by atoms with Crippen molar-refractivity contribution in [2.24, 2.45) is 5.41 Å². The minimum Gasteiger partial charge on any atom is -0.345 e. The first-order valence-corrected chi connectivity index (χ1v) is 11.7. The minimum absolute atomic E-state index is 0.0591. The van der Waals surface area contributed by atoms with Crippen LogP contribution in [0, 0.1) is 22.6 Å². The van der Waals surface area contributed by atoms with Crippen molar-refractivity contribution in [3.8, 4) is 28.7 Å². The van der Waals surface area contributed by atoms with Gasteiger partial charge >= 0.3 is 0 Å². The first kappa shape index (κ1) is 24.9. The van der Waals surface area contributed by atoms with Gasteiger partial charge in [-0.05, 0) is 49.4 Å². The van der Waals surface area contributed by atoms with Crippen molar-refractivity contribution in [3.05, 3.63) is 72.7 Å². The smallest absolute Gasteiger partial charge is 0.231 e. The number of nitrogens with one attached hydrogen (secondary N) is 3. The molecule has 1 fully saturated rings. The van der Waals surface area contributed by atoms with E-state index in [0.29, 0.717) is 34.4 Å². The Hall–Kier alpha value is -4.73. The molecule has 1 aliphatic heterocycles. The molecule has 5 rings (SSSR count). The molecule has 4 aromatic rings. The number of amides is 1. The number of nitrogens with zero attached hydrogens (tertiary/aromatic N) is 5. The molecule has 3 aromatic heterocycles. The highest BCUT2D eigenvalue weighted by Gasteiger charge is 2.40. The SMILES string of the molecule is CC1(C(=O)NCC#N)COC(c2nc(-c3ccc(F)cc3)c(-c3ccnc(Nc4cccnc4)n3)[nH]2)OC1. The molecule has 0 saturated carbocycles. The summed E-state index contributed by atoms with van der Waals surface area (Å²) in [5, 5.41) is 14.4. The topological polar surface area (TPSA) is 151 Å². The highest BCUT2D eigenvalue weighted by molar-refractivity contribution is 5.83. The average Bonchev–Trinajstić information content (AvgIpc) is 3.39. The fourth-order valence-corrected chi connectivity index (χ4v) is 3.86. The van der Waals surface area contributed by atoms with Gasteiger partial charge in [0.05, 0.1) is 53.7 Å². The van der Waals surface area contributed by atoms with Gasteiger partial charge < -0.3 is 25.1 Å². The minimum atomic E-state index is -0.956. The van der Waals surface area contributed by atoms with E-state index in [1.807, 2.05) is 12.1 Å². The molecule has 4 heterocycles. The van der Waals surface area contributed by atoms with Crippen LogP contribution in [0.1, 0.15) is 19.0 Å². The molecule has 0 aliphatic carbocycles. The monoisotopic (exact) mass is 514 g/mol. The maximum atomic E-state index is 13.6. The lowest BCUT2D eigenvalue weighted by atomic mass is 9.91. The van der Waals surface area contributed by atoms with E-state index in [4.69, 9.17) is 19.7 Å². The average molecular weight is 515 g/mol. The van der Waals surface area contributed by atoms with Crippen molar-refractivity contribution in [1.29, 1.82) is 5.26 Å². The van der Waals surface area contributed by atoms with E-state index < -0.39 is 11.7 Å². The molecule has 12 heteroatoms. The Labute approximate surface area is 217 Å². The summed E-state index contributed by atoms with van der Waals surface area (Å²) in [7, 11) is 0. The number of carbonyl (C=O) groups is 1. The van der Waals surface area contributed by atoms with Gasteiger partial charge in [0.15, 0.2) is 5.82 Å². The third kappa shape index (κ3) is 5.34. The number of nitriles is 1. The third-order valence-electron chi connectivity index (χ3n) is 5.88. The van der Waals surface area contributed by atoms with E-state index in [9.17, 15) is 9.18 Å². The van der Waals surface area contributed by atoms with Gasteiger partial charge in [0.2, 0.25) is 18.1 Å². The van der Waals surface area contributed by atoms with Crippen LogP contribution in [0.5, 0.6) is 0 Å². The Morgan fingerprint density at radius 3 is 2.68 bits per heavy atom. The molecular formula is C26H23FN8O3. The van der Waals surface area contributed by atoms with Gasteiger partial charge in [-0.2, -0.15) is 5.26 Å². The molecule has 1 aromatic carbocycles. The lowest BCUT2D eigenvalue weighted by Crippen LogP contribution is -2.48. The molecule has 3 N–H and O–H groups in total. The summed E-state index contributed by atoms with van der Waals surface area (Å²) >= 11 is 0. The van der Waals surface area contributed by atoms with Crippen LogP contribution in [-0.2, 0) is 14.3 Å². The van der Waals surface area contributed by atoms with Crippen LogP contribution in [0.3, 0.4) is 0 Å². The van der Waals surface area contributed by atoms with Gasteiger partial charge in [0.25, 0.3) is 0 Å². The van der Waals surface area contributed by atoms with Gasteiger partial charge in [-0.1, -0.05) is 0 Å². The second-order valence-corrected chi connectivity index (χ2v) is 8.84. The maximum absolute atomic E-state index is 13.6. The van der Waals surface area contributed by atoms with Gasteiger partial charge in [-0.15, -0.1) is 0 Å². The number of aromatic nitrogens is 5. The van der Waals surface area contributed by atoms with E-state index in [1.54, 1.807) is 49.8 Å². The highest BCUT2D eigenvalue weighted by atomic mass is 19.1. The first-order valence-electron chi connectivity index (χ1n) is 11.7. The Bertz CT molecular complexity index is 1460. The molecule has 38 heavy (non-hydrogen) atoms. The Balaban J connectivity index is 1.45. The summed E-state index contributed by atoms with van der Waals surface area (Å²) in [4.78, 5) is 33.4. The van der Waals surface area contributed by atoms with Gasteiger partial charge in [-0.25, -0.2) is 19.3 Å². The van der Waals surface area contributed by atoms with E-state index in [1.165, 1.54) is 12.1 Å². The molecule has 11 nitrogen and oxygen atoms in total. The van der Waals surface area contributed by atoms with Crippen LogP contribution in [0.4, 0.5) is 16.0 Å². The molecule has 0 radical (unpaired) electrons. The van der Waals surface area contributed by atoms with Crippen molar-refractivity contribution in [3.63, 3.8) is 0 Å². The second-order valence-electron chi connectivity index (χ2n) is 8.84. The molecule has 0 unspecified atom stereocenters. The number of hydrogen-bond acceptors (Lipinski definition) is 9. The van der Waals surface area contributed by atoms with Crippen LogP contribution in [0.2, 0.25) is 0 Å². The number of ether oxygens (including phenoxy) is 2. The number of carbonyl (C=O) groups excluding carboxylic acids is 1. The number of benzene rings is 1. The summed E-state index contributed by atoms with van der Waals surface area (Å²) in [5.41, 5.74) is 2.01. The molecule has 0 spiro atoms. The Kier molecular flexibility index (Phi) is 7.03. The number of imidazole rings is 1. The molecule has 0 atom stereocenters. The largest absolute Gasteiger partial charge is 0.345 e. The van der Waals surface area contributed by atoms with Gasteiger partial charge in [-0.3, -0.25) is 9.78 Å². The van der Waals surface area contributed by atoms with Crippen molar-refractivity contribution in [2.75, 3.05) is 25.1 Å². The summed E-state index contributed by atoms with van der Waals surface area (Å²) in [6.45, 7) is 1.72. The molecule has 1 aliphatic rings.